The number of hydrogen-bond acceptors (Lipinski definition) is 4. The molecule has 3 atom stereocenters. The third-order valence-corrected chi connectivity index (χ3v) is 4.05. The van der Waals surface area contributed by atoms with Gasteiger partial charge in [0.05, 0.1) is 24.2 Å². The zero-order valence-electron chi connectivity index (χ0n) is 13.8. The van der Waals surface area contributed by atoms with Gasteiger partial charge in [0.1, 0.15) is 0 Å². The molecule has 3 unspecified atom stereocenters. The number of carboxylic acids is 4. The topological polar surface area (TPSA) is 149 Å². The summed E-state index contributed by atoms with van der Waals surface area (Å²) in [4.78, 5) is 44.9. The Morgan fingerprint density at radius 2 is 1.21 bits per heavy atom. The molecule has 0 amide bonds. The van der Waals surface area contributed by atoms with Gasteiger partial charge in [-0.15, -0.1) is 0 Å². The van der Waals surface area contributed by atoms with E-state index in [0.29, 0.717) is 6.42 Å². The van der Waals surface area contributed by atoms with Crippen LogP contribution in [0.5, 0.6) is 0 Å². The first-order valence-electron chi connectivity index (χ1n) is 8.12. The van der Waals surface area contributed by atoms with Crippen molar-refractivity contribution in [2.45, 2.75) is 58.3 Å². The third kappa shape index (κ3) is 7.94. The van der Waals surface area contributed by atoms with E-state index in [9.17, 15) is 29.4 Å². The molecule has 8 nitrogen and oxygen atoms in total. The van der Waals surface area contributed by atoms with E-state index >= 15 is 0 Å². The lowest BCUT2D eigenvalue weighted by atomic mass is 9.77. The second-order valence-corrected chi connectivity index (χ2v) is 5.91. The maximum Gasteiger partial charge on any atom is 0.308 e. The lowest BCUT2D eigenvalue weighted by Gasteiger charge is -2.25. The van der Waals surface area contributed by atoms with Crippen molar-refractivity contribution in [1.82, 2.24) is 0 Å². The third-order valence-electron chi connectivity index (χ3n) is 4.05. The summed E-state index contributed by atoms with van der Waals surface area (Å²) in [6.07, 6.45) is 4.32. The van der Waals surface area contributed by atoms with E-state index < -0.39 is 48.1 Å². The Kier molecular flexibility index (Phi) is 10.4. The van der Waals surface area contributed by atoms with Gasteiger partial charge in [-0.25, -0.2) is 0 Å². The summed E-state index contributed by atoms with van der Waals surface area (Å²) in [6, 6.07) is 0. The molecule has 0 bridgehead atoms. The lowest BCUT2D eigenvalue weighted by Crippen LogP contribution is -2.40. The number of hydrogen-bond donors (Lipinski definition) is 4. The van der Waals surface area contributed by atoms with Crippen molar-refractivity contribution in [1.29, 1.82) is 0 Å². The predicted octanol–water partition coefficient (Wildman–Crippen LogP) is 2.31. The van der Waals surface area contributed by atoms with Gasteiger partial charge in [-0.1, -0.05) is 45.4 Å². The summed E-state index contributed by atoms with van der Waals surface area (Å²) in [5.41, 5.74) is 0. The van der Waals surface area contributed by atoms with E-state index in [0.717, 1.165) is 32.1 Å². The summed E-state index contributed by atoms with van der Waals surface area (Å²) in [5.74, 6) is -11.1. The van der Waals surface area contributed by atoms with Crippen LogP contribution in [0.2, 0.25) is 0 Å². The number of unbranched alkanes of at least 4 members (excludes halogenated alkanes) is 5. The average molecular weight is 346 g/mol. The molecule has 0 aliphatic rings. The second kappa shape index (κ2) is 11.4. The minimum Gasteiger partial charge on any atom is -0.481 e. The van der Waals surface area contributed by atoms with Crippen LogP contribution < -0.4 is 0 Å². The van der Waals surface area contributed by atoms with Gasteiger partial charge in [0.15, 0.2) is 0 Å². The van der Waals surface area contributed by atoms with Crippen molar-refractivity contribution < 1.29 is 39.6 Å². The van der Waals surface area contributed by atoms with E-state index in [2.05, 4.69) is 6.92 Å². The molecule has 0 aliphatic carbocycles. The molecule has 0 heterocycles. The highest BCUT2D eigenvalue weighted by atomic mass is 16.4. The summed E-state index contributed by atoms with van der Waals surface area (Å²) in [7, 11) is 0. The van der Waals surface area contributed by atoms with Crippen molar-refractivity contribution >= 4 is 23.9 Å². The fourth-order valence-electron chi connectivity index (χ4n) is 2.78. The highest BCUT2D eigenvalue weighted by molar-refractivity contribution is 5.87. The van der Waals surface area contributed by atoms with Crippen LogP contribution >= 0.6 is 0 Å². The van der Waals surface area contributed by atoms with E-state index in [-0.39, 0.29) is 6.42 Å². The van der Waals surface area contributed by atoms with Crippen molar-refractivity contribution in [2.24, 2.45) is 17.8 Å². The Bertz CT molecular complexity index is 445. The fourth-order valence-corrected chi connectivity index (χ4v) is 2.78. The van der Waals surface area contributed by atoms with Gasteiger partial charge in [-0.3, -0.25) is 19.2 Å². The molecule has 0 saturated carbocycles. The lowest BCUT2D eigenvalue weighted by molar-refractivity contribution is -0.164. The van der Waals surface area contributed by atoms with Crippen molar-refractivity contribution in [2.75, 3.05) is 0 Å². The van der Waals surface area contributed by atoms with E-state index in [4.69, 9.17) is 10.2 Å². The number of rotatable bonds is 14. The van der Waals surface area contributed by atoms with Crippen molar-refractivity contribution in [3.63, 3.8) is 0 Å². The average Bonchev–Trinajstić information content (AvgIpc) is 2.46. The zero-order chi connectivity index (χ0) is 18.7. The summed E-state index contributed by atoms with van der Waals surface area (Å²) < 4.78 is 0. The van der Waals surface area contributed by atoms with Crippen molar-refractivity contribution in [3.8, 4) is 0 Å². The number of aliphatic carboxylic acids is 4. The Morgan fingerprint density at radius 3 is 1.62 bits per heavy atom. The Morgan fingerprint density at radius 1 is 0.708 bits per heavy atom. The molecule has 0 fully saturated rings. The molecular weight excluding hydrogens is 320 g/mol. The summed E-state index contributed by atoms with van der Waals surface area (Å²) >= 11 is 0. The minimum absolute atomic E-state index is 0.0157. The first kappa shape index (κ1) is 21.9. The van der Waals surface area contributed by atoms with Crippen LogP contribution in [0.15, 0.2) is 0 Å². The van der Waals surface area contributed by atoms with Gasteiger partial charge >= 0.3 is 23.9 Å². The van der Waals surface area contributed by atoms with Crippen LogP contribution in [0.3, 0.4) is 0 Å². The monoisotopic (exact) mass is 346 g/mol. The molecule has 0 saturated heterocycles. The van der Waals surface area contributed by atoms with Crippen molar-refractivity contribution in [3.05, 3.63) is 0 Å². The van der Waals surface area contributed by atoms with Crippen LogP contribution in [0.1, 0.15) is 58.3 Å². The van der Waals surface area contributed by atoms with Gasteiger partial charge < -0.3 is 20.4 Å². The maximum atomic E-state index is 11.4. The van der Waals surface area contributed by atoms with Gasteiger partial charge in [0.2, 0.25) is 0 Å². The summed E-state index contributed by atoms with van der Waals surface area (Å²) in [6.45, 7) is 2.06. The smallest absolute Gasteiger partial charge is 0.308 e. The van der Waals surface area contributed by atoms with Gasteiger partial charge in [0.25, 0.3) is 0 Å². The molecule has 0 radical (unpaired) electrons. The first-order chi connectivity index (χ1) is 11.2. The largest absolute Gasteiger partial charge is 0.481 e. The minimum atomic E-state index is -1.78. The highest BCUT2D eigenvalue weighted by Gasteiger charge is 2.43. The molecule has 8 heteroatoms. The number of carbonyl (C=O) groups is 4. The molecule has 0 aromatic rings. The molecule has 0 aromatic heterocycles. The first-order valence-corrected chi connectivity index (χ1v) is 8.12. The van der Waals surface area contributed by atoms with Crippen LogP contribution in [0, 0.1) is 17.8 Å². The van der Waals surface area contributed by atoms with E-state index in [1.165, 1.54) is 0 Å². The van der Waals surface area contributed by atoms with E-state index in [1.807, 2.05) is 0 Å². The Balaban J connectivity index is 5.02. The quantitative estimate of drug-likeness (QED) is 0.350. The van der Waals surface area contributed by atoms with Crippen LogP contribution in [-0.2, 0) is 19.2 Å². The number of carboxylic acid groups (broad SMARTS) is 4. The zero-order valence-corrected chi connectivity index (χ0v) is 13.8. The fraction of sp³-hybridized carbons (Fsp3) is 0.750. The van der Waals surface area contributed by atoms with Gasteiger partial charge in [-0.05, 0) is 6.42 Å². The van der Waals surface area contributed by atoms with Crippen LogP contribution in [0.25, 0.3) is 0 Å². The van der Waals surface area contributed by atoms with Gasteiger partial charge in [-0.2, -0.15) is 0 Å². The van der Waals surface area contributed by atoms with E-state index in [1.54, 1.807) is 0 Å². The standard InChI is InChI=1S/C16H26O8/c1-2-3-4-5-6-7-8-10(14(19)20)13(16(23)24)11(15(21)22)9-12(17)18/h10-11,13H,2-9H2,1H3,(H,17,18)(H,19,20)(H,21,22)(H,23,24). The molecule has 24 heavy (non-hydrogen) atoms. The molecule has 0 spiro atoms. The second-order valence-electron chi connectivity index (χ2n) is 5.91. The Labute approximate surface area is 140 Å². The molecular formula is C16H26O8. The molecule has 138 valence electrons. The normalized spacial score (nSPS) is 14.5. The van der Waals surface area contributed by atoms with Crippen LogP contribution in [-0.4, -0.2) is 44.3 Å². The molecule has 0 aromatic carbocycles. The maximum absolute atomic E-state index is 11.4. The SMILES string of the molecule is CCCCCCCCC(C(=O)O)C(C(=O)O)C(CC(=O)O)C(=O)O. The molecule has 0 aliphatic heterocycles. The predicted molar refractivity (Wildman–Crippen MR) is 83.6 cm³/mol. The highest BCUT2D eigenvalue weighted by Crippen LogP contribution is 2.30. The molecule has 4 N–H and O–H groups in total. The summed E-state index contributed by atoms with van der Waals surface area (Å²) in [5, 5.41) is 36.5. The molecule has 0 rings (SSSR count). The Hall–Kier alpha value is -2.12. The van der Waals surface area contributed by atoms with Gasteiger partial charge in [0, 0.05) is 0 Å². The van der Waals surface area contributed by atoms with Crippen LogP contribution in [0.4, 0.5) is 0 Å².